The van der Waals surface area contributed by atoms with Crippen LogP contribution in [0, 0.1) is 11.6 Å². The van der Waals surface area contributed by atoms with Gasteiger partial charge in [0.25, 0.3) is 0 Å². The number of β-amino-alcohol motifs (C(OH)–C–C–N with tert-alkyl or cyclic N) is 1. The van der Waals surface area contributed by atoms with Gasteiger partial charge in [-0.2, -0.15) is 0 Å². The van der Waals surface area contributed by atoms with Crippen LogP contribution < -0.4 is 15.0 Å². The molecule has 0 saturated carbocycles. The molecule has 2 aliphatic rings. The van der Waals surface area contributed by atoms with E-state index in [4.69, 9.17) is 4.74 Å². The minimum Gasteiger partial charge on any atom is -0.490 e. The zero-order valence-corrected chi connectivity index (χ0v) is 17.6. The zero-order valence-electron chi connectivity index (χ0n) is 16.0. The van der Waals surface area contributed by atoms with Crippen LogP contribution in [0.4, 0.5) is 20.2 Å². The van der Waals surface area contributed by atoms with Gasteiger partial charge in [0.05, 0.1) is 11.4 Å². The van der Waals surface area contributed by atoms with Gasteiger partial charge in [-0.15, -0.1) is 0 Å². The molecule has 2 aromatic carbocycles. The third-order valence-electron chi connectivity index (χ3n) is 5.64. The van der Waals surface area contributed by atoms with Gasteiger partial charge in [0.2, 0.25) is 5.91 Å². The molecular weight excluding hydrogens is 462 g/mol. The Hall–Kier alpha value is -2.23. The topological polar surface area (TPSA) is 82.0 Å². The second-order valence-corrected chi connectivity index (χ2v) is 8.56. The Labute approximate surface area is 180 Å². The van der Waals surface area contributed by atoms with Crippen molar-refractivity contribution in [3.63, 3.8) is 0 Å². The van der Waals surface area contributed by atoms with E-state index in [0.29, 0.717) is 34.4 Å². The van der Waals surface area contributed by atoms with Crippen LogP contribution in [-0.4, -0.2) is 47.5 Å². The molecule has 0 spiro atoms. The Morgan fingerprint density at radius 3 is 2.77 bits per heavy atom. The number of piperidine rings is 1. The first-order valence-corrected chi connectivity index (χ1v) is 10.4. The molecule has 1 saturated heterocycles. The number of hydrogen-bond donors (Lipinski definition) is 3. The number of aliphatic hydroxyl groups is 2. The van der Waals surface area contributed by atoms with Crippen LogP contribution >= 0.6 is 15.9 Å². The lowest BCUT2D eigenvalue weighted by Gasteiger charge is -2.42. The van der Waals surface area contributed by atoms with E-state index >= 15 is 0 Å². The third kappa shape index (κ3) is 4.01. The van der Waals surface area contributed by atoms with Crippen LogP contribution in [0.2, 0.25) is 0 Å². The molecule has 4 rings (SSSR count). The quantitative estimate of drug-likeness (QED) is 0.623. The Bertz CT molecular complexity index is 990. The fourth-order valence-corrected chi connectivity index (χ4v) is 4.19. The number of carbonyl (C=O) groups is 1. The second kappa shape index (κ2) is 8.13. The number of amides is 1. The largest absolute Gasteiger partial charge is 0.490 e. The monoisotopic (exact) mass is 482 g/mol. The lowest BCUT2D eigenvalue weighted by atomic mass is 9.89. The molecule has 2 aliphatic heterocycles. The number of nitrogens with one attached hydrogen (secondary N) is 1. The van der Waals surface area contributed by atoms with Gasteiger partial charge in [0.1, 0.15) is 35.7 Å². The molecule has 2 atom stereocenters. The highest BCUT2D eigenvalue weighted by Gasteiger charge is 2.42. The smallest absolute Gasteiger partial charge is 0.224 e. The van der Waals surface area contributed by atoms with Crippen molar-refractivity contribution in [3.8, 4) is 5.75 Å². The summed E-state index contributed by atoms with van der Waals surface area (Å²) in [6.45, 7) is 0.153. The molecule has 0 radical (unpaired) electrons. The average Bonchev–Trinajstić information content (AvgIpc) is 2.70. The van der Waals surface area contributed by atoms with Crippen molar-refractivity contribution in [3.05, 3.63) is 52.0 Å². The predicted octanol–water partition coefficient (Wildman–Crippen LogP) is 2.99. The van der Waals surface area contributed by atoms with Gasteiger partial charge < -0.3 is 25.2 Å². The summed E-state index contributed by atoms with van der Waals surface area (Å²) in [4.78, 5) is 13.2. The van der Waals surface area contributed by atoms with Gasteiger partial charge in [-0.05, 0) is 43.2 Å². The molecule has 2 aromatic rings. The van der Waals surface area contributed by atoms with Crippen LogP contribution in [0.5, 0.6) is 5.75 Å². The first-order valence-electron chi connectivity index (χ1n) is 9.61. The van der Waals surface area contributed by atoms with E-state index in [0.717, 1.165) is 0 Å². The van der Waals surface area contributed by atoms with Gasteiger partial charge >= 0.3 is 0 Å². The number of hydrogen-bond acceptors (Lipinski definition) is 5. The summed E-state index contributed by atoms with van der Waals surface area (Å²) in [7, 11) is 0. The molecule has 160 valence electrons. The Morgan fingerprint density at radius 1 is 1.23 bits per heavy atom. The molecule has 1 fully saturated rings. The van der Waals surface area contributed by atoms with E-state index < -0.39 is 23.3 Å². The van der Waals surface area contributed by atoms with E-state index in [1.54, 1.807) is 17.0 Å². The molecule has 30 heavy (non-hydrogen) atoms. The van der Waals surface area contributed by atoms with Gasteiger partial charge in [-0.3, -0.25) is 4.79 Å². The van der Waals surface area contributed by atoms with Crippen LogP contribution in [0.1, 0.15) is 18.4 Å². The molecule has 0 aromatic heterocycles. The summed E-state index contributed by atoms with van der Waals surface area (Å²) in [5.74, 6) is -0.874. The summed E-state index contributed by atoms with van der Waals surface area (Å²) in [6.07, 6.45) is -0.478. The summed E-state index contributed by atoms with van der Waals surface area (Å²) >= 11 is 3.22. The lowest BCUT2D eigenvalue weighted by Crippen LogP contribution is -2.58. The highest BCUT2D eigenvalue weighted by atomic mass is 79.9. The summed E-state index contributed by atoms with van der Waals surface area (Å²) in [6, 6.07) is 7.33. The van der Waals surface area contributed by atoms with Crippen LogP contribution in [-0.2, 0) is 11.2 Å². The summed E-state index contributed by atoms with van der Waals surface area (Å²) in [5.41, 5.74) is -0.566. The number of benzene rings is 2. The second-order valence-electron chi connectivity index (χ2n) is 7.65. The Kier molecular flexibility index (Phi) is 5.69. The molecule has 9 heteroatoms. The van der Waals surface area contributed by atoms with Gasteiger partial charge in [-0.1, -0.05) is 15.9 Å². The van der Waals surface area contributed by atoms with Gasteiger partial charge in [0, 0.05) is 29.5 Å². The number of rotatable bonds is 4. The average molecular weight is 483 g/mol. The molecular formula is C21H21BrF2N2O4. The zero-order chi connectivity index (χ0) is 21.5. The van der Waals surface area contributed by atoms with E-state index in [9.17, 15) is 23.8 Å². The Morgan fingerprint density at radius 2 is 2.03 bits per heavy atom. The number of anilines is 2. The summed E-state index contributed by atoms with van der Waals surface area (Å²) < 4.78 is 34.6. The van der Waals surface area contributed by atoms with Crippen molar-refractivity contribution in [2.24, 2.45) is 0 Å². The maximum atomic E-state index is 14.2. The SMILES string of the molecule is O=C1CCc2c(OCC3(O)CCN(c4ccc(Br)cc4F)CC3O)ccc(F)c2N1. The van der Waals surface area contributed by atoms with E-state index in [1.807, 2.05) is 0 Å². The van der Waals surface area contributed by atoms with Crippen molar-refractivity contribution >= 4 is 33.2 Å². The van der Waals surface area contributed by atoms with E-state index in [2.05, 4.69) is 21.2 Å². The fraction of sp³-hybridized carbons (Fsp3) is 0.381. The van der Waals surface area contributed by atoms with Gasteiger partial charge in [-0.25, -0.2) is 8.78 Å². The minimum atomic E-state index is -1.54. The molecule has 2 unspecified atom stereocenters. The number of ether oxygens (including phenoxy) is 1. The highest BCUT2D eigenvalue weighted by Crippen LogP contribution is 2.35. The van der Waals surface area contributed by atoms with Crippen LogP contribution in [0.3, 0.4) is 0 Å². The van der Waals surface area contributed by atoms with Crippen molar-refractivity contribution in [2.45, 2.75) is 31.0 Å². The normalized spacial score (nSPS) is 23.7. The minimum absolute atomic E-state index is 0.0377. The molecule has 6 nitrogen and oxygen atoms in total. The molecule has 0 bridgehead atoms. The lowest BCUT2D eigenvalue weighted by molar-refractivity contribution is -0.116. The molecule has 0 aliphatic carbocycles. The van der Waals surface area contributed by atoms with Gasteiger partial charge in [0.15, 0.2) is 0 Å². The van der Waals surface area contributed by atoms with Crippen LogP contribution in [0.25, 0.3) is 0 Å². The van der Waals surface area contributed by atoms with Crippen molar-refractivity contribution < 1.29 is 28.5 Å². The van der Waals surface area contributed by atoms with Crippen molar-refractivity contribution in [1.82, 2.24) is 0 Å². The first-order chi connectivity index (χ1) is 14.3. The maximum Gasteiger partial charge on any atom is 0.224 e. The maximum absolute atomic E-state index is 14.2. The molecule has 3 N–H and O–H groups in total. The number of fused-ring (bicyclic) bond motifs is 1. The number of carbonyl (C=O) groups excluding carboxylic acids is 1. The van der Waals surface area contributed by atoms with Crippen LogP contribution in [0.15, 0.2) is 34.8 Å². The number of halogens is 3. The summed E-state index contributed by atoms with van der Waals surface area (Å²) in [5, 5.41) is 24.0. The molecule has 2 heterocycles. The fourth-order valence-electron chi connectivity index (χ4n) is 3.85. The van der Waals surface area contributed by atoms with E-state index in [-0.39, 0.29) is 37.6 Å². The first kappa shape index (κ1) is 21.0. The van der Waals surface area contributed by atoms with Crippen molar-refractivity contribution in [2.75, 3.05) is 29.9 Å². The number of aliphatic hydroxyl groups excluding tert-OH is 1. The molecule has 1 amide bonds. The third-order valence-corrected chi connectivity index (χ3v) is 6.14. The number of nitrogens with zero attached hydrogens (tertiary/aromatic N) is 1. The predicted molar refractivity (Wildman–Crippen MR) is 111 cm³/mol. The highest BCUT2D eigenvalue weighted by molar-refractivity contribution is 9.10. The van der Waals surface area contributed by atoms with E-state index in [1.165, 1.54) is 18.2 Å². The standard InChI is InChI=1S/C21H21BrF2N2O4/c22-12-1-4-16(15(24)9-12)26-8-7-21(29,18(27)10-26)11-30-17-5-3-14(23)20-13(17)2-6-19(28)25-20/h1,3-5,9,18,27,29H,2,6-8,10-11H2,(H,25,28). The van der Waals surface area contributed by atoms with Crippen molar-refractivity contribution in [1.29, 1.82) is 0 Å². The Balaban J connectivity index is 1.46.